The zero-order valence-electron chi connectivity index (χ0n) is 7.61. The minimum Gasteiger partial charge on any atom is -0.317 e. The first-order valence-corrected chi connectivity index (χ1v) is 4.93. The summed E-state index contributed by atoms with van der Waals surface area (Å²) in [6, 6.07) is 3.46. The number of halogens is 4. The maximum absolute atomic E-state index is 12.3. The second-order valence-corrected chi connectivity index (χ2v) is 3.79. The molecule has 1 aromatic rings. The molecule has 0 aliphatic heterocycles. The third-order valence-electron chi connectivity index (χ3n) is 1.87. The number of benzene rings is 1. The Bertz CT molecular complexity index is 393. The number of rotatable bonds is 2. The molecule has 0 bridgehead atoms. The van der Waals surface area contributed by atoms with Crippen LogP contribution in [0, 0.1) is 6.57 Å². The zero-order valence-corrected chi connectivity index (χ0v) is 9.19. The van der Waals surface area contributed by atoms with E-state index in [0.29, 0.717) is 16.5 Å². The molecule has 80 valence electrons. The molecule has 15 heavy (non-hydrogen) atoms. The van der Waals surface area contributed by atoms with Crippen LogP contribution >= 0.6 is 15.9 Å². The highest BCUT2D eigenvalue weighted by molar-refractivity contribution is 9.10. The van der Waals surface area contributed by atoms with Crippen molar-refractivity contribution in [1.29, 1.82) is 0 Å². The van der Waals surface area contributed by atoms with Gasteiger partial charge in [-0.15, -0.1) is 0 Å². The zero-order chi connectivity index (χ0) is 11.5. The molecule has 1 rings (SSSR count). The van der Waals surface area contributed by atoms with E-state index < -0.39 is 11.7 Å². The van der Waals surface area contributed by atoms with Crippen LogP contribution in [-0.4, -0.2) is 6.54 Å². The lowest BCUT2D eigenvalue weighted by molar-refractivity contribution is -0.137. The van der Waals surface area contributed by atoms with E-state index in [0.717, 1.165) is 12.1 Å². The maximum atomic E-state index is 12.3. The molecule has 0 N–H and O–H groups in total. The van der Waals surface area contributed by atoms with E-state index in [1.807, 2.05) is 0 Å². The van der Waals surface area contributed by atoms with Crippen molar-refractivity contribution in [3.8, 4) is 0 Å². The van der Waals surface area contributed by atoms with Crippen LogP contribution in [0.3, 0.4) is 0 Å². The fraction of sp³-hybridized carbons (Fsp3) is 0.300. The van der Waals surface area contributed by atoms with E-state index in [2.05, 4.69) is 20.8 Å². The lowest BCUT2D eigenvalue weighted by atomic mass is 10.1. The second kappa shape index (κ2) is 4.67. The monoisotopic (exact) mass is 277 g/mol. The van der Waals surface area contributed by atoms with Gasteiger partial charge in [-0.25, -0.2) is 6.57 Å². The lowest BCUT2D eigenvalue weighted by Crippen LogP contribution is -2.06. The highest BCUT2D eigenvalue weighted by Gasteiger charge is 2.30. The molecule has 0 aliphatic rings. The Morgan fingerprint density at radius 1 is 1.33 bits per heavy atom. The summed E-state index contributed by atoms with van der Waals surface area (Å²) in [7, 11) is 0. The van der Waals surface area contributed by atoms with Crippen LogP contribution in [0.1, 0.15) is 11.1 Å². The third-order valence-corrected chi connectivity index (χ3v) is 2.64. The first kappa shape index (κ1) is 12.1. The molecule has 0 atom stereocenters. The van der Waals surface area contributed by atoms with Crippen molar-refractivity contribution in [3.05, 3.63) is 45.2 Å². The molecular weight excluding hydrogens is 271 g/mol. The molecule has 0 heterocycles. The highest BCUT2D eigenvalue weighted by atomic mass is 79.9. The van der Waals surface area contributed by atoms with E-state index in [-0.39, 0.29) is 6.54 Å². The largest absolute Gasteiger partial charge is 0.416 e. The van der Waals surface area contributed by atoms with Crippen LogP contribution in [0.2, 0.25) is 0 Å². The average molecular weight is 278 g/mol. The van der Waals surface area contributed by atoms with E-state index in [1.165, 1.54) is 6.07 Å². The molecule has 0 unspecified atom stereocenters. The fourth-order valence-electron chi connectivity index (χ4n) is 1.12. The van der Waals surface area contributed by atoms with E-state index in [1.54, 1.807) is 0 Å². The van der Waals surface area contributed by atoms with Crippen molar-refractivity contribution in [1.82, 2.24) is 0 Å². The summed E-state index contributed by atoms with van der Waals surface area (Å²) in [5.41, 5.74) is -0.161. The summed E-state index contributed by atoms with van der Waals surface area (Å²) >= 11 is 3.16. The van der Waals surface area contributed by atoms with Gasteiger partial charge in [-0.05, 0) is 23.8 Å². The van der Waals surface area contributed by atoms with Crippen LogP contribution in [-0.2, 0) is 12.6 Å². The smallest absolute Gasteiger partial charge is 0.317 e. The predicted octanol–water partition coefficient (Wildman–Crippen LogP) is 3.93. The molecule has 0 aliphatic carbocycles. The third kappa shape index (κ3) is 3.24. The van der Waals surface area contributed by atoms with Crippen LogP contribution < -0.4 is 0 Å². The first-order chi connectivity index (χ1) is 6.95. The number of nitrogens with zero attached hydrogens (tertiary/aromatic N) is 1. The van der Waals surface area contributed by atoms with Gasteiger partial charge in [0.25, 0.3) is 0 Å². The van der Waals surface area contributed by atoms with Crippen LogP contribution in [0.25, 0.3) is 4.85 Å². The van der Waals surface area contributed by atoms with Gasteiger partial charge in [-0.2, -0.15) is 13.2 Å². The molecule has 1 aromatic carbocycles. The van der Waals surface area contributed by atoms with Gasteiger partial charge >= 0.3 is 6.18 Å². The van der Waals surface area contributed by atoms with Gasteiger partial charge in [0.15, 0.2) is 0 Å². The summed E-state index contributed by atoms with van der Waals surface area (Å²) in [5.74, 6) is 0. The van der Waals surface area contributed by atoms with Gasteiger partial charge in [0.05, 0.1) is 5.56 Å². The van der Waals surface area contributed by atoms with Gasteiger partial charge in [0, 0.05) is 10.9 Å². The van der Waals surface area contributed by atoms with Crippen molar-refractivity contribution in [2.24, 2.45) is 0 Å². The minimum absolute atomic E-state index is 0.194. The van der Waals surface area contributed by atoms with E-state index in [9.17, 15) is 13.2 Å². The molecule has 0 aromatic heterocycles. The highest BCUT2D eigenvalue weighted by Crippen LogP contribution is 2.31. The summed E-state index contributed by atoms with van der Waals surface area (Å²) in [6.45, 7) is 6.78. The van der Waals surface area contributed by atoms with Crippen molar-refractivity contribution in [2.45, 2.75) is 12.6 Å². The first-order valence-electron chi connectivity index (χ1n) is 4.14. The predicted molar refractivity (Wildman–Crippen MR) is 54.3 cm³/mol. The van der Waals surface area contributed by atoms with Gasteiger partial charge in [0.1, 0.15) is 0 Å². The van der Waals surface area contributed by atoms with E-state index >= 15 is 0 Å². The minimum atomic E-state index is -4.33. The Balaban J connectivity index is 3.01. The number of hydrogen-bond donors (Lipinski definition) is 0. The summed E-state index contributed by atoms with van der Waals surface area (Å²) < 4.78 is 37.6. The van der Waals surface area contributed by atoms with Crippen LogP contribution in [0.15, 0.2) is 22.7 Å². The van der Waals surface area contributed by atoms with Gasteiger partial charge in [-0.1, -0.05) is 15.9 Å². The summed E-state index contributed by atoms with van der Waals surface area (Å²) in [6.07, 6.45) is -4.00. The van der Waals surface area contributed by atoms with Crippen LogP contribution in [0.5, 0.6) is 0 Å². The van der Waals surface area contributed by atoms with Crippen molar-refractivity contribution in [3.63, 3.8) is 0 Å². The Hall–Kier alpha value is -1.02. The molecule has 0 radical (unpaired) electrons. The number of alkyl halides is 3. The van der Waals surface area contributed by atoms with Crippen molar-refractivity contribution < 1.29 is 13.2 Å². The molecule has 5 heteroatoms. The molecule has 0 spiro atoms. The normalized spacial score (nSPS) is 11.1. The van der Waals surface area contributed by atoms with Gasteiger partial charge < -0.3 is 4.85 Å². The van der Waals surface area contributed by atoms with E-state index in [4.69, 9.17) is 6.57 Å². The van der Waals surface area contributed by atoms with Crippen molar-refractivity contribution >= 4 is 15.9 Å². The quantitative estimate of drug-likeness (QED) is 0.722. The molecular formula is C10H7BrF3N. The van der Waals surface area contributed by atoms with Gasteiger partial charge in [0.2, 0.25) is 6.54 Å². The fourth-order valence-corrected chi connectivity index (χ4v) is 1.56. The molecule has 0 saturated carbocycles. The Kier molecular flexibility index (Phi) is 3.75. The second-order valence-electron chi connectivity index (χ2n) is 2.94. The Morgan fingerprint density at radius 3 is 2.53 bits per heavy atom. The van der Waals surface area contributed by atoms with Crippen LogP contribution in [0.4, 0.5) is 13.2 Å². The maximum Gasteiger partial charge on any atom is 0.416 e. The SMILES string of the molecule is [C-]#[N+]CCc1cc(C(F)(F)F)ccc1Br. The molecule has 0 fully saturated rings. The topological polar surface area (TPSA) is 4.36 Å². The number of hydrogen-bond acceptors (Lipinski definition) is 0. The average Bonchev–Trinajstić information content (AvgIpc) is 2.15. The summed E-state index contributed by atoms with van der Waals surface area (Å²) in [4.78, 5) is 3.11. The van der Waals surface area contributed by atoms with Gasteiger partial charge in [-0.3, -0.25) is 0 Å². The molecule has 0 saturated heterocycles. The van der Waals surface area contributed by atoms with Crippen molar-refractivity contribution in [2.75, 3.05) is 6.54 Å². The Morgan fingerprint density at radius 2 is 2.00 bits per heavy atom. The standard InChI is InChI=1S/C10H7BrF3N/c1-15-5-4-7-6-8(10(12,13)14)2-3-9(7)11/h2-3,6H,4-5H2. The lowest BCUT2D eigenvalue weighted by Gasteiger charge is -2.09. The Labute approximate surface area is 93.9 Å². The molecule has 0 amide bonds. The molecule has 1 nitrogen and oxygen atoms in total. The summed E-state index contributed by atoms with van der Waals surface area (Å²) in [5, 5.41) is 0.